The summed E-state index contributed by atoms with van der Waals surface area (Å²) in [6.45, 7) is 0. The first kappa shape index (κ1) is 15.1. The molecule has 0 aliphatic heterocycles. The minimum Gasteiger partial charge on any atom is -0.384 e. The van der Waals surface area contributed by atoms with Crippen LogP contribution in [-0.2, 0) is 0 Å². The zero-order chi connectivity index (χ0) is 16.2. The third-order valence-electron chi connectivity index (χ3n) is 3.13. The summed E-state index contributed by atoms with van der Waals surface area (Å²) in [5.74, 6) is 4.17. The van der Waals surface area contributed by atoms with Crippen LogP contribution in [0.1, 0.15) is 5.56 Å². The van der Waals surface area contributed by atoms with Gasteiger partial charge in [-0.1, -0.05) is 40.0 Å². The normalized spacial score (nSPS) is 10.1. The molecule has 112 valence electrons. The summed E-state index contributed by atoms with van der Waals surface area (Å²) in [4.78, 5) is 8.82. The summed E-state index contributed by atoms with van der Waals surface area (Å²) in [7, 11) is 0. The third-order valence-corrected chi connectivity index (χ3v) is 3.62. The Morgan fingerprint density at radius 1 is 1.04 bits per heavy atom. The second kappa shape index (κ2) is 6.51. The molecule has 0 aliphatic carbocycles. The van der Waals surface area contributed by atoms with Crippen LogP contribution in [0.3, 0.4) is 0 Å². The molecule has 0 radical (unpaired) electrons. The van der Waals surface area contributed by atoms with Gasteiger partial charge in [-0.05, 0) is 30.3 Å². The molecule has 2 aromatic carbocycles. The van der Waals surface area contributed by atoms with E-state index in [-0.39, 0.29) is 0 Å². The first-order chi connectivity index (χ1) is 11.1. The smallest absolute Gasteiger partial charge is 0.163 e. The van der Waals surface area contributed by atoms with Crippen molar-refractivity contribution in [3.05, 3.63) is 64.6 Å². The number of aromatic nitrogens is 2. The van der Waals surface area contributed by atoms with E-state index in [1.807, 2.05) is 48.5 Å². The van der Waals surface area contributed by atoms with Crippen LogP contribution in [0, 0.1) is 12.3 Å². The Morgan fingerprint density at radius 3 is 2.65 bits per heavy atom. The van der Waals surface area contributed by atoms with Crippen molar-refractivity contribution in [3.8, 4) is 23.7 Å². The van der Waals surface area contributed by atoms with E-state index in [2.05, 4.69) is 37.1 Å². The Kier molecular flexibility index (Phi) is 4.26. The van der Waals surface area contributed by atoms with Crippen molar-refractivity contribution < 1.29 is 0 Å². The standard InChI is InChI=1S/C18H13BrN4/c1-2-12-5-3-8-15(9-12)21-17-11-16(20)22-18(23-17)13-6-4-7-14(19)10-13/h1,3-11H,(H3,20,21,22,23). The molecule has 0 aliphatic rings. The first-order valence-electron chi connectivity index (χ1n) is 6.88. The van der Waals surface area contributed by atoms with Gasteiger partial charge in [0.15, 0.2) is 5.82 Å². The van der Waals surface area contributed by atoms with E-state index in [4.69, 9.17) is 12.2 Å². The lowest BCUT2D eigenvalue weighted by molar-refractivity contribution is 1.18. The molecule has 1 aromatic heterocycles. The molecule has 4 nitrogen and oxygen atoms in total. The number of benzene rings is 2. The Balaban J connectivity index is 1.96. The third kappa shape index (κ3) is 3.68. The number of hydrogen-bond donors (Lipinski definition) is 2. The lowest BCUT2D eigenvalue weighted by Crippen LogP contribution is -2.01. The van der Waals surface area contributed by atoms with E-state index < -0.39 is 0 Å². The average Bonchev–Trinajstić information content (AvgIpc) is 2.54. The highest BCUT2D eigenvalue weighted by Crippen LogP contribution is 2.24. The van der Waals surface area contributed by atoms with Crippen LogP contribution in [0.5, 0.6) is 0 Å². The van der Waals surface area contributed by atoms with Crippen molar-refractivity contribution in [2.45, 2.75) is 0 Å². The number of nitrogens with one attached hydrogen (secondary N) is 1. The van der Waals surface area contributed by atoms with E-state index >= 15 is 0 Å². The van der Waals surface area contributed by atoms with E-state index in [0.29, 0.717) is 17.5 Å². The van der Waals surface area contributed by atoms with Crippen LogP contribution in [0.15, 0.2) is 59.1 Å². The number of nitrogens with zero attached hydrogens (tertiary/aromatic N) is 2. The molecule has 0 atom stereocenters. The molecule has 0 spiro atoms. The van der Waals surface area contributed by atoms with Crippen molar-refractivity contribution in [1.29, 1.82) is 0 Å². The fourth-order valence-electron chi connectivity index (χ4n) is 2.12. The quantitative estimate of drug-likeness (QED) is 0.683. The zero-order valence-corrected chi connectivity index (χ0v) is 13.7. The molecular weight excluding hydrogens is 352 g/mol. The van der Waals surface area contributed by atoms with Gasteiger partial charge in [0.05, 0.1) is 0 Å². The number of rotatable bonds is 3. The van der Waals surface area contributed by atoms with Gasteiger partial charge < -0.3 is 11.1 Å². The minimum absolute atomic E-state index is 0.394. The number of terminal acetylenes is 1. The monoisotopic (exact) mass is 364 g/mol. The maximum atomic E-state index is 5.91. The van der Waals surface area contributed by atoms with E-state index in [0.717, 1.165) is 21.3 Å². The van der Waals surface area contributed by atoms with Gasteiger partial charge in [-0.15, -0.1) is 6.42 Å². The van der Waals surface area contributed by atoms with Crippen LogP contribution in [0.2, 0.25) is 0 Å². The van der Waals surface area contributed by atoms with Crippen molar-refractivity contribution >= 4 is 33.3 Å². The molecule has 0 saturated heterocycles. The molecule has 23 heavy (non-hydrogen) atoms. The molecule has 0 saturated carbocycles. The molecule has 0 unspecified atom stereocenters. The highest BCUT2D eigenvalue weighted by Gasteiger charge is 2.06. The van der Waals surface area contributed by atoms with Gasteiger partial charge in [0.2, 0.25) is 0 Å². The maximum absolute atomic E-state index is 5.91. The Morgan fingerprint density at radius 2 is 1.87 bits per heavy atom. The number of nitrogen functional groups attached to an aromatic ring is 1. The molecule has 3 N–H and O–H groups in total. The highest BCUT2D eigenvalue weighted by atomic mass is 79.9. The van der Waals surface area contributed by atoms with Crippen LogP contribution in [-0.4, -0.2) is 9.97 Å². The largest absolute Gasteiger partial charge is 0.384 e. The number of hydrogen-bond acceptors (Lipinski definition) is 4. The fourth-order valence-corrected chi connectivity index (χ4v) is 2.52. The summed E-state index contributed by atoms with van der Waals surface area (Å²) < 4.78 is 0.956. The Hall–Kier alpha value is -2.84. The van der Waals surface area contributed by atoms with Gasteiger partial charge in [0.1, 0.15) is 11.6 Å². The van der Waals surface area contributed by atoms with Gasteiger partial charge >= 0.3 is 0 Å². The lowest BCUT2D eigenvalue weighted by Gasteiger charge is -2.09. The summed E-state index contributed by atoms with van der Waals surface area (Å²) in [5, 5.41) is 3.21. The second-order valence-electron chi connectivity index (χ2n) is 4.86. The van der Waals surface area contributed by atoms with Crippen LogP contribution in [0.25, 0.3) is 11.4 Å². The van der Waals surface area contributed by atoms with Crippen molar-refractivity contribution in [1.82, 2.24) is 9.97 Å². The number of anilines is 3. The number of nitrogens with two attached hydrogens (primary N) is 1. The molecule has 5 heteroatoms. The van der Waals surface area contributed by atoms with Crippen LogP contribution in [0.4, 0.5) is 17.3 Å². The average molecular weight is 365 g/mol. The molecule has 3 rings (SSSR count). The fraction of sp³-hybridized carbons (Fsp3) is 0. The minimum atomic E-state index is 0.394. The van der Waals surface area contributed by atoms with E-state index in [9.17, 15) is 0 Å². The molecule has 0 fully saturated rings. The molecule has 1 heterocycles. The SMILES string of the molecule is C#Cc1cccc(Nc2cc(N)nc(-c3cccc(Br)c3)n2)c1. The van der Waals surface area contributed by atoms with Crippen molar-refractivity contribution in [2.75, 3.05) is 11.1 Å². The lowest BCUT2D eigenvalue weighted by atomic mass is 10.2. The summed E-state index contributed by atoms with van der Waals surface area (Å²) in [6, 6.07) is 17.0. The predicted octanol–water partition coefficient (Wildman–Crippen LogP) is 4.21. The maximum Gasteiger partial charge on any atom is 0.163 e. The zero-order valence-electron chi connectivity index (χ0n) is 12.1. The first-order valence-corrected chi connectivity index (χ1v) is 7.67. The van der Waals surface area contributed by atoms with Gasteiger partial charge in [0, 0.05) is 27.4 Å². The van der Waals surface area contributed by atoms with Crippen molar-refractivity contribution in [3.63, 3.8) is 0 Å². The molecule has 3 aromatic rings. The number of halogens is 1. The molecular formula is C18H13BrN4. The molecule has 0 amide bonds. The topological polar surface area (TPSA) is 63.8 Å². The Labute approximate surface area is 142 Å². The second-order valence-corrected chi connectivity index (χ2v) is 5.78. The summed E-state index contributed by atoms with van der Waals surface area (Å²) in [5.41, 5.74) is 8.43. The summed E-state index contributed by atoms with van der Waals surface area (Å²) in [6.07, 6.45) is 5.42. The predicted molar refractivity (Wildman–Crippen MR) is 97.2 cm³/mol. The van der Waals surface area contributed by atoms with Crippen LogP contribution >= 0.6 is 15.9 Å². The van der Waals surface area contributed by atoms with Crippen molar-refractivity contribution in [2.24, 2.45) is 0 Å². The van der Waals surface area contributed by atoms with Gasteiger partial charge in [-0.3, -0.25) is 0 Å². The van der Waals surface area contributed by atoms with Gasteiger partial charge in [0.25, 0.3) is 0 Å². The Bertz CT molecular complexity index is 900. The summed E-state index contributed by atoms with van der Waals surface area (Å²) >= 11 is 3.44. The van der Waals surface area contributed by atoms with E-state index in [1.165, 1.54) is 0 Å². The van der Waals surface area contributed by atoms with E-state index in [1.54, 1.807) is 6.07 Å². The van der Waals surface area contributed by atoms with Crippen LogP contribution < -0.4 is 11.1 Å². The highest BCUT2D eigenvalue weighted by molar-refractivity contribution is 9.10. The van der Waals surface area contributed by atoms with Gasteiger partial charge in [-0.25, -0.2) is 9.97 Å². The van der Waals surface area contributed by atoms with Gasteiger partial charge in [-0.2, -0.15) is 0 Å². The molecule has 0 bridgehead atoms.